The van der Waals surface area contributed by atoms with Gasteiger partial charge < -0.3 is 4.90 Å². The van der Waals surface area contributed by atoms with E-state index in [1.54, 1.807) is 0 Å². The second-order valence-electron chi connectivity index (χ2n) is 8.47. The minimum atomic E-state index is 0.0313. The van der Waals surface area contributed by atoms with Gasteiger partial charge in [-0.25, -0.2) is 0 Å². The van der Waals surface area contributed by atoms with Crippen LogP contribution in [0.2, 0.25) is 0 Å². The number of rotatable bonds is 4. The van der Waals surface area contributed by atoms with E-state index in [0.717, 1.165) is 23.7 Å². The van der Waals surface area contributed by atoms with Gasteiger partial charge in [0, 0.05) is 17.9 Å². The van der Waals surface area contributed by atoms with Crippen molar-refractivity contribution < 1.29 is 4.79 Å². The number of hydrogen-bond donors (Lipinski definition) is 0. The van der Waals surface area contributed by atoms with E-state index in [0.29, 0.717) is 17.4 Å². The molecule has 5 fully saturated rings. The lowest BCUT2D eigenvalue weighted by atomic mass is 9.44. The van der Waals surface area contributed by atoms with Gasteiger partial charge in [-0.1, -0.05) is 22.9 Å². The van der Waals surface area contributed by atoms with Crippen LogP contribution in [0.3, 0.4) is 0 Å². The molecule has 2 atom stereocenters. The first kappa shape index (κ1) is 13.6. The SMILES string of the molecule is CC12CC3CC(C1)CC(C(=O)N(CCBr)C1CC1)(C3)C2. The van der Waals surface area contributed by atoms with Gasteiger partial charge in [-0.2, -0.15) is 0 Å². The van der Waals surface area contributed by atoms with Crippen molar-refractivity contribution in [3.8, 4) is 0 Å². The summed E-state index contributed by atoms with van der Waals surface area (Å²) in [6.45, 7) is 3.37. The van der Waals surface area contributed by atoms with Crippen LogP contribution < -0.4 is 0 Å². The average molecular weight is 340 g/mol. The third kappa shape index (κ3) is 2.07. The van der Waals surface area contributed by atoms with Crippen molar-refractivity contribution in [3.05, 3.63) is 0 Å². The van der Waals surface area contributed by atoms with Gasteiger partial charge in [0.2, 0.25) is 5.91 Å². The van der Waals surface area contributed by atoms with Gasteiger partial charge in [-0.3, -0.25) is 4.79 Å². The zero-order valence-electron chi connectivity index (χ0n) is 12.5. The third-order valence-electron chi connectivity index (χ3n) is 6.38. The van der Waals surface area contributed by atoms with Gasteiger partial charge in [0.25, 0.3) is 0 Å². The summed E-state index contributed by atoms with van der Waals surface area (Å²) < 4.78 is 0. The first-order valence-corrected chi connectivity index (χ1v) is 9.53. The molecule has 0 radical (unpaired) electrons. The Morgan fingerprint density at radius 1 is 1.20 bits per heavy atom. The average Bonchev–Trinajstić information content (AvgIpc) is 3.16. The zero-order chi connectivity index (χ0) is 14.0. The number of carbonyl (C=O) groups is 1. The summed E-state index contributed by atoms with van der Waals surface area (Å²) in [4.78, 5) is 15.6. The Morgan fingerprint density at radius 3 is 2.35 bits per heavy atom. The largest absolute Gasteiger partial charge is 0.338 e. The molecule has 0 aromatic rings. The van der Waals surface area contributed by atoms with Crippen LogP contribution in [0.1, 0.15) is 58.3 Å². The fourth-order valence-corrected chi connectivity index (χ4v) is 6.58. The van der Waals surface area contributed by atoms with Crippen molar-refractivity contribution in [2.24, 2.45) is 22.7 Å². The van der Waals surface area contributed by atoms with Crippen LogP contribution >= 0.6 is 15.9 Å². The molecule has 3 heteroatoms. The maximum Gasteiger partial charge on any atom is 0.229 e. The van der Waals surface area contributed by atoms with Gasteiger partial charge in [0.1, 0.15) is 0 Å². The summed E-state index contributed by atoms with van der Waals surface area (Å²) in [5.74, 6) is 2.21. The Bertz CT molecular complexity index is 417. The van der Waals surface area contributed by atoms with Gasteiger partial charge in [0.05, 0.1) is 5.41 Å². The van der Waals surface area contributed by atoms with E-state index in [2.05, 4.69) is 27.8 Å². The summed E-state index contributed by atoms with van der Waals surface area (Å²) in [5.41, 5.74) is 0.507. The topological polar surface area (TPSA) is 20.3 Å². The molecule has 0 saturated heterocycles. The van der Waals surface area contributed by atoms with Crippen LogP contribution in [-0.4, -0.2) is 28.7 Å². The number of alkyl halides is 1. The van der Waals surface area contributed by atoms with Gasteiger partial charge in [0.15, 0.2) is 0 Å². The fraction of sp³-hybridized carbons (Fsp3) is 0.941. The van der Waals surface area contributed by atoms with Crippen LogP contribution in [0.15, 0.2) is 0 Å². The lowest BCUT2D eigenvalue weighted by Gasteiger charge is -2.61. The number of carbonyl (C=O) groups excluding carboxylic acids is 1. The molecule has 0 spiro atoms. The van der Waals surface area contributed by atoms with Crippen LogP contribution in [0, 0.1) is 22.7 Å². The maximum atomic E-state index is 13.3. The molecule has 5 saturated carbocycles. The molecule has 0 aliphatic heterocycles. The highest BCUT2D eigenvalue weighted by atomic mass is 79.9. The Hall–Kier alpha value is -0.0500. The normalized spacial score (nSPS) is 45.7. The van der Waals surface area contributed by atoms with Crippen molar-refractivity contribution in [2.45, 2.75) is 64.3 Å². The Morgan fingerprint density at radius 2 is 1.85 bits per heavy atom. The van der Waals surface area contributed by atoms with E-state index < -0.39 is 0 Å². The van der Waals surface area contributed by atoms with Crippen molar-refractivity contribution in [1.82, 2.24) is 4.90 Å². The molecule has 112 valence electrons. The summed E-state index contributed by atoms with van der Waals surface area (Å²) >= 11 is 3.54. The molecule has 0 aromatic carbocycles. The first-order chi connectivity index (χ1) is 9.54. The van der Waals surface area contributed by atoms with Crippen LogP contribution in [0.4, 0.5) is 0 Å². The molecule has 5 rings (SSSR count). The molecular weight excluding hydrogens is 314 g/mol. The zero-order valence-corrected chi connectivity index (χ0v) is 14.1. The lowest BCUT2D eigenvalue weighted by Crippen LogP contribution is -2.58. The molecule has 20 heavy (non-hydrogen) atoms. The highest BCUT2D eigenvalue weighted by Gasteiger charge is 2.60. The van der Waals surface area contributed by atoms with Crippen LogP contribution in [0.25, 0.3) is 0 Å². The number of hydrogen-bond acceptors (Lipinski definition) is 1. The molecule has 2 unspecified atom stereocenters. The lowest BCUT2D eigenvalue weighted by molar-refractivity contribution is -0.166. The summed E-state index contributed by atoms with van der Waals surface area (Å²) in [7, 11) is 0. The van der Waals surface area contributed by atoms with Gasteiger partial charge in [-0.05, 0) is 68.6 Å². The van der Waals surface area contributed by atoms with E-state index in [1.165, 1.54) is 51.4 Å². The van der Waals surface area contributed by atoms with Gasteiger partial charge >= 0.3 is 0 Å². The fourth-order valence-electron chi connectivity index (χ4n) is 6.20. The van der Waals surface area contributed by atoms with Crippen molar-refractivity contribution in [2.75, 3.05) is 11.9 Å². The molecule has 0 heterocycles. The molecule has 5 aliphatic carbocycles. The van der Waals surface area contributed by atoms with Crippen LogP contribution in [-0.2, 0) is 4.79 Å². The Kier molecular flexibility index (Phi) is 3.04. The highest BCUT2D eigenvalue weighted by molar-refractivity contribution is 9.09. The minimum Gasteiger partial charge on any atom is -0.338 e. The summed E-state index contributed by atoms with van der Waals surface area (Å²) in [5, 5.41) is 0.926. The summed E-state index contributed by atoms with van der Waals surface area (Å²) in [6.07, 6.45) is 10.2. The van der Waals surface area contributed by atoms with Crippen LogP contribution in [0.5, 0.6) is 0 Å². The molecule has 5 aliphatic rings. The molecule has 0 N–H and O–H groups in total. The van der Waals surface area contributed by atoms with E-state index in [4.69, 9.17) is 0 Å². The number of nitrogens with zero attached hydrogens (tertiary/aromatic N) is 1. The predicted molar refractivity (Wildman–Crippen MR) is 83.8 cm³/mol. The maximum absolute atomic E-state index is 13.3. The quantitative estimate of drug-likeness (QED) is 0.709. The second kappa shape index (κ2) is 4.47. The smallest absolute Gasteiger partial charge is 0.229 e. The third-order valence-corrected chi connectivity index (χ3v) is 6.74. The molecule has 1 amide bonds. The Balaban J connectivity index is 1.61. The highest BCUT2D eigenvalue weighted by Crippen LogP contribution is 2.65. The number of halogens is 1. The Labute approximate surface area is 130 Å². The van der Waals surface area contributed by atoms with Crippen molar-refractivity contribution in [3.63, 3.8) is 0 Å². The van der Waals surface area contributed by atoms with Crippen molar-refractivity contribution >= 4 is 21.8 Å². The monoisotopic (exact) mass is 339 g/mol. The molecular formula is C17H26BrNO. The molecule has 4 bridgehead atoms. The number of amides is 1. The van der Waals surface area contributed by atoms with E-state index in [-0.39, 0.29) is 5.41 Å². The second-order valence-corrected chi connectivity index (χ2v) is 9.26. The van der Waals surface area contributed by atoms with E-state index in [9.17, 15) is 4.79 Å². The minimum absolute atomic E-state index is 0.0313. The summed E-state index contributed by atoms with van der Waals surface area (Å²) in [6, 6.07) is 0.570. The predicted octanol–water partition coefficient (Wildman–Crippen LogP) is 3.98. The molecule has 0 aromatic heterocycles. The molecule has 2 nitrogen and oxygen atoms in total. The van der Waals surface area contributed by atoms with E-state index in [1.807, 2.05) is 0 Å². The van der Waals surface area contributed by atoms with Gasteiger partial charge in [-0.15, -0.1) is 0 Å². The first-order valence-electron chi connectivity index (χ1n) is 8.41. The van der Waals surface area contributed by atoms with Crippen molar-refractivity contribution in [1.29, 1.82) is 0 Å². The van der Waals surface area contributed by atoms with E-state index >= 15 is 0 Å². The standard InChI is InChI=1S/C17H26BrNO/c1-16-7-12-6-13(8-16)10-17(9-12,11-16)15(20)19(5-4-18)14-2-3-14/h12-14H,2-11H2,1H3.